The fraction of sp³-hybridized carbons (Fsp3) is 0.357. The molecule has 1 rings (SSSR count). The molecule has 0 unspecified atom stereocenters. The lowest BCUT2D eigenvalue weighted by atomic mass is 10.1. The molecule has 1 aromatic rings. The Morgan fingerprint density at radius 3 is 2.79 bits per heavy atom. The predicted octanol–water partition coefficient (Wildman–Crippen LogP) is 2.05. The molecule has 0 saturated carbocycles. The van der Waals surface area contributed by atoms with Gasteiger partial charge in [-0.25, -0.2) is 4.79 Å². The van der Waals surface area contributed by atoms with Crippen LogP contribution in [0.1, 0.15) is 35.7 Å². The molecule has 19 heavy (non-hydrogen) atoms. The van der Waals surface area contributed by atoms with Crippen molar-refractivity contribution in [3.8, 4) is 0 Å². The Balaban J connectivity index is 2.80. The molecule has 0 aliphatic rings. The van der Waals surface area contributed by atoms with Crippen molar-refractivity contribution >= 4 is 18.0 Å². The first-order valence-corrected chi connectivity index (χ1v) is 6.16. The smallest absolute Gasteiger partial charge is 0.328 e. The van der Waals surface area contributed by atoms with Gasteiger partial charge in [-0.05, 0) is 24.1 Å². The van der Waals surface area contributed by atoms with Crippen LogP contribution < -0.4 is 0 Å². The molecule has 102 valence electrons. The lowest BCUT2D eigenvalue weighted by Gasteiger charge is -2.16. The highest BCUT2D eigenvalue weighted by atomic mass is 16.4. The number of rotatable bonds is 6. The summed E-state index contributed by atoms with van der Waals surface area (Å²) in [5.74, 6) is -1.14. The van der Waals surface area contributed by atoms with Crippen LogP contribution in [0.2, 0.25) is 0 Å². The summed E-state index contributed by atoms with van der Waals surface area (Å²) in [6.07, 6.45) is 7.42. The molecule has 5 nitrogen and oxygen atoms in total. The Hall–Kier alpha value is -2.17. The van der Waals surface area contributed by atoms with Gasteiger partial charge in [-0.2, -0.15) is 0 Å². The standard InChI is InChI=1S/C14H18N2O3/c1-3-4-7-16(2)14(19)12-8-11(9-15-10-12)5-6-13(17)18/h5-6,8-10H,3-4,7H2,1-2H3,(H,17,18). The van der Waals surface area contributed by atoms with Crippen LogP contribution in [0.3, 0.4) is 0 Å². The molecular weight excluding hydrogens is 244 g/mol. The van der Waals surface area contributed by atoms with E-state index in [1.54, 1.807) is 18.0 Å². The van der Waals surface area contributed by atoms with E-state index >= 15 is 0 Å². The topological polar surface area (TPSA) is 70.5 Å². The van der Waals surface area contributed by atoms with Crippen LogP contribution in [-0.4, -0.2) is 40.5 Å². The molecule has 1 amide bonds. The number of carboxylic acid groups (broad SMARTS) is 1. The number of nitrogens with zero attached hydrogens (tertiary/aromatic N) is 2. The summed E-state index contributed by atoms with van der Waals surface area (Å²) in [7, 11) is 1.75. The van der Waals surface area contributed by atoms with Crippen LogP contribution in [0.25, 0.3) is 6.08 Å². The summed E-state index contributed by atoms with van der Waals surface area (Å²) in [6.45, 7) is 2.77. The van der Waals surface area contributed by atoms with Crippen molar-refractivity contribution in [3.63, 3.8) is 0 Å². The Labute approximate surface area is 112 Å². The average molecular weight is 262 g/mol. The second kappa shape index (κ2) is 7.31. The highest BCUT2D eigenvalue weighted by Crippen LogP contribution is 2.08. The Morgan fingerprint density at radius 2 is 2.16 bits per heavy atom. The van der Waals surface area contributed by atoms with Gasteiger partial charge in [0.05, 0.1) is 5.56 Å². The van der Waals surface area contributed by atoms with E-state index < -0.39 is 5.97 Å². The van der Waals surface area contributed by atoms with Crippen LogP contribution in [0, 0.1) is 0 Å². The number of carbonyl (C=O) groups excluding carboxylic acids is 1. The maximum Gasteiger partial charge on any atom is 0.328 e. The Bertz CT molecular complexity index is 483. The van der Waals surface area contributed by atoms with Gasteiger partial charge in [-0.15, -0.1) is 0 Å². The third kappa shape index (κ3) is 4.91. The molecule has 1 aromatic heterocycles. The fourth-order valence-corrected chi connectivity index (χ4v) is 1.55. The number of carbonyl (C=O) groups is 2. The molecule has 0 aliphatic heterocycles. The average Bonchev–Trinajstić information content (AvgIpc) is 2.42. The molecule has 0 saturated heterocycles. The minimum atomic E-state index is -1.03. The normalized spacial score (nSPS) is 10.6. The first-order valence-electron chi connectivity index (χ1n) is 6.16. The van der Waals surface area contributed by atoms with E-state index in [1.165, 1.54) is 18.5 Å². The van der Waals surface area contributed by atoms with Crippen LogP contribution in [0.15, 0.2) is 24.5 Å². The van der Waals surface area contributed by atoms with Gasteiger partial charge in [0.2, 0.25) is 0 Å². The number of pyridine rings is 1. The minimum Gasteiger partial charge on any atom is -0.478 e. The van der Waals surface area contributed by atoms with Crippen molar-refractivity contribution in [1.82, 2.24) is 9.88 Å². The molecule has 0 bridgehead atoms. The largest absolute Gasteiger partial charge is 0.478 e. The number of hydrogen-bond acceptors (Lipinski definition) is 3. The molecule has 0 spiro atoms. The maximum atomic E-state index is 12.1. The van der Waals surface area contributed by atoms with Gasteiger partial charge in [-0.1, -0.05) is 13.3 Å². The molecule has 1 N–H and O–H groups in total. The molecule has 5 heteroatoms. The third-order valence-corrected chi connectivity index (χ3v) is 2.62. The molecular formula is C14H18N2O3. The summed E-state index contributed by atoms with van der Waals surface area (Å²) in [4.78, 5) is 28.1. The SMILES string of the molecule is CCCCN(C)C(=O)c1cncc(C=CC(=O)O)c1. The van der Waals surface area contributed by atoms with Gasteiger partial charge in [-0.3, -0.25) is 9.78 Å². The van der Waals surface area contributed by atoms with Gasteiger partial charge < -0.3 is 10.0 Å². The zero-order valence-corrected chi connectivity index (χ0v) is 11.2. The third-order valence-electron chi connectivity index (χ3n) is 2.62. The van der Waals surface area contributed by atoms with Crippen molar-refractivity contribution < 1.29 is 14.7 Å². The van der Waals surface area contributed by atoms with E-state index in [-0.39, 0.29) is 5.91 Å². The van der Waals surface area contributed by atoms with Crippen LogP contribution in [-0.2, 0) is 4.79 Å². The van der Waals surface area contributed by atoms with Crippen molar-refractivity contribution in [2.75, 3.05) is 13.6 Å². The second-order valence-corrected chi connectivity index (χ2v) is 4.26. The highest BCUT2D eigenvalue weighted by Gasteiger charge is 2.11. The monoisotopic (exact) mass is 262 g/mol. The predicted molar refractivity (Wildman–Crippen MR) is 72.8 cm³/mol. The summed E-state index contributed by atoms with van der Waals surface area (Å²) in [6, 6.07) is 1.64. The van der Waals surface area contributed by atoms with E-state index in [9.17, 15) is 9.59 Å². The Kier molecular flexibility index (Phi) is 5.73. The maximum absolute atomic E-state index is 12.1. The van der Waals surface area contributed by atoms with Gasteiger partial charge in [0, 0.05) is 32.1 Å². The number of amides is 1. The van der Waals surface area contributed by atoms with E-state index in [4.69, 9.17) is 5.11 Å². The van der Waals surface area contributed by atoms with Crippen LogP contribution >= 0.6 is 0 Å². The number of hydrogen-bond donors (Lipinski definition) is 1. The molecule has 0 fully saturated rings. The van der Waals surface area contributed by atoms with E-state index in [0.717, 1.165) is 18.9 Å². The lowest BCUT2D eigenvalue weighted by molar-refractivity contribution is -0.131. The Morgan fingerprint density at radius 1 is 1.42 bits per heavy atom. The number of carboxylic acids is 1. The van der Waals surface area contributed by atoms with Crippen molar-refractivity contribution in [2.45, 2.75) is 19.8 Å². The van der Waals surface area contributed by atoms with Gasteiger partial charge >= 0.3 is 5.97 Å². The van der Waals surface area contributed by atoms with E-state index in [1.807, 2.05) is 0 Å². The molecule has 0 aromatic carbocycles. The zero-order chi connectivity index (χ0) is 14.3. The van der Waals surface area contributed by atoms with E-state index in [0.29, 0.717) is 17.7 Å². The summed E-state index contributed by atoms with van der Waals surface area (Å²) >= 11 is 0. The zero-order valence-electron chi connectivity index (χ0n) is 11.2. The van der Waals surface area contributed by atoms with Gasteiger partial charge in [0.25, 0.3) is 5.91 Å². The highest BCUT2D eigenvalue weighted by molar-refractivity contribution is 5.94. The number of unbranched alkanes of at least 4 members (excludes halogenated alkanes) is 1. The molecule has 0 aliphatic carbocycles. The summed E-state index contributed by atoms with van der Waals surface area (Å²) in [5.41, 5.74) is 1.06. The van der Waals surface area contributed by atoms with Crippen LogP contribution in [0.4, 0.5) is 0 Å². The van der Waals surface area contributed by atoms with Crippen molar-refractivity contribution in [2.24, 2.45) is 0 Å². The second-order valence-electron chi connectivity index (χ2n) is 4.26. The fourth-order valence-electron chi connectivity index (χ4n) is 1.55. The minimum absolute atomic E-state index is 0.105. The summed E-state index contributed by atoms with van der Waals surface area (Å²) < 4.78 is 0. The van der Waals surface area contributed by atoms with Crippen LogP contribution in [0.5, 0.6) is 0 Å². The first kappa shape index (κ1) is 14.9. The van der Waals surface area contributed by atoms with Crippen molar-refractivity contribution in [3.05, 3.63) is 35.7 Å². The van der Waals surface area contributed by atoms with Gasteiger partial charge in [0.15, 0.2) is 0 Å². The van der Waals surface area contributed by atoms with E-state index in [2.05, 4.69) is 11.9 Å². The molecule has 0 radical (unpaired) electrons. The molecule has 1 heterocycles. The van der Waals surface area contributed by atoms with Crippen molar-refractivity contribution in [1.29, 1.82) is 0 Å². The number of aliphatic carboxylic acids is 1. The number of aromatic nitrogens is 1. The quantitative estimate of drug-likeness (QED) is 0.796. The lowest BCUT2D eigenvalue weighted by Crippen LogP contribution is -2.27. The first-order chi connectivity index (χ1) is 9.04. The molecule has 0 atom stereocenters. The van der Waals surface area contributed by atoms with Gasteiger partial charge in [0.1, 0.15) is 0 Å². The summed E-state index contributed by atoms with van der Waals surface area (Å²) in [5, 5.41) is 8.56.